The lowest BCUT2D eigenvalue weighted by molar-refractivity contribution is -0.139. The van der Waals surface area contributed by atoms with E-state index in [1.54, 1.807) is 68.2 Å². The molecule has 2 aliphatic heterocycles. The molecule has 0 saturated carbocycles. The van der Waals surface area contributed by atoms with Crippen LogP contribution in [0.5, 0.6) is 17.2 Å². The Morgan fingerprint density at radius 1 is 0.918 bits per heavy atom. The number of carbonyl (C=O) groups is 7. The lowest BCUT2D eigenvalue weighted by Crippen LogP contribution is -2.45. The normalized spacial score (nSPS) is 14.9. The number of ether oxygens (including phenoxy) is 4. The van der Waals surface area contributed by atoms with Crippen molar-refractivity contribution in [2.45, 2.75) is 98.3 Å². The number of aromatic nitrogens is 2. The quantitative estimate of drug-likeness (QED) is 0.0329. The van der Waals surface area contributed by atoms with Crippen LogP contribution < -0.4 is 41.5 Å². The number of primary amides is 1. The van der Waals surface area contributed by atoms with E-state index in [0.29, 0.717) is 87.9 Å². The summed E-state index contributed by atoms with van der Waals surface area (Å²) in [6, 6.07) is 12.4. The van der Waals surface area contributed by atoms with E-state index < -0.39 is 30.0 Å². The van der Waals surface area contributed by atoms with Crippen molar-refractivity contribution < 1.29 is 52.5 Å². The van der Waals surface area contributed by atoms with Crippen LogP contribution in [0.2, 0.25) is 0 Å². The predicted molar refractivity (Wildman–Crippen MR) is 272 cm³/mol. The summed E-state index contributed by atoms with van der Waals surface area (Å²) in [6.45, 7) is 7.97. The van der Waals surface area contributed by atoms with Crippen molar-refractivity contribution in [1.82, 2.24) is 30.0 Å². The first kappa shape index (κ1) is 53.0. The summed E-state index contributed by atoms with van der Waals surface area (Å²) in [5, 5.41) is 10.8. The highest BCUT2D eigenvalue weighted by Gasteiger charge is 2.35. The van der Waals surface area contributed by atoms with Gasteiger partial charge in [-0.1, -0.05) is 39.3 Å². The summed E-state index contributed by atoms with van der Waals surface area (Å²) in [5.74, 6) is -1.15. The molecule has 0 spiro atoms. The minimum Gasteiger partial charge on any atom is -0.496 e. The molecule has 1 unspecified atom stereocenters. The van der Waals surface area contributed by atoms with Crippen LogP contribution in [0.25, 0.3) is 32.6 Å². The number of Topliss-reactive ketones (excluding diaryl/α,β-unsaturated/α-hetero) is 1. The molecule has 0 bridgehead atoms. The Morgan fingerprint density at radius 2 is 1.66 bits per heavy atom. The van der Waals surface area contributed by atoms with Gasteiger partial charge in [0.1, 0.15) is 12.4 Å². The number of anilines is 1. The maximum Gasteiger partial charge on any atom is 0.409 e. The van der Waals surface area contributed by atoms with E-state index in [0.717, 1.165) is 10.9 Å². The van der Waals surface area contributed by atoms with Crippen LogP contribution in [-0.2, 0) is 41.9 Å². The smallest absolute Gasteiger partial charge is 0.409 e. The molecule has 388 valence electrons. The zero-order valence-electron chi connectivity index (χ0n) is 42.2. The Bertz CT molecular complexity index is 2990. The number of imide groups is 1. The SMILES string of the molecule is COc1cc2c(=O)n(CCN(C)C(=O)OCc3ccc(NC(=O)[C@H](CCCNC(N)=O)CC(=O)[C@@H](NC(=O)CCCCCN4C(=O)CC(C)C4=O)C(C)C)cc3)c3c4cc5c(cc4ncc3c2cc1C)OCO5. The Morgan fingerprint density at radius 3 is 2.34 bits per heavy atom. The van der Waals surface area contributed by atoms with Gasteiger partial charge in [-0.15, -0.1) is 0 Å². The summed E-state index contributed by atoms with van der Waals surface area (Å²) >= 11 is 0. The Labute approximate surface area is 422 Å². The van der Waals surface area contributed by atoms with Crippen molar-refractivity contribution in [2.24, 2.45) is 23.5 Å². The lowest BCUT2D eigenvalue weighted by atomic mass is 9.89. The number of unbranched alkanes of at least 4 members (excludes halogenated alkanes) is 2. The average molecular weight is 1010 g/mol. The molecule has 20 heteroatoms. The molecule has 1 fully saturated rings. The number of likely N-dealkylation sites (N-methyl/N-ethyl adjacent to an activating group) is 1. The van der Waals surface area contributed by atoms with Crippen LogP contribution in [0, 0.1) is 24.7 Å². The van der Waals surface area contributed by atoms with Gasteiger partial charge in [-0.05, 0) is 85.4 Å². The molecule has 5 N–H and O–H groups in total. The van der Waals surface area contributed by atoms with Gasteiger partial charge >= 0.3 is 12.1 Å². The molecule has 4 heterocycles. The van der Waals surface area contributed by atoms with Crippen molar-refractivity contribution in [2.75, 3.05) is 45.9 Å². The summed E-state index contributed by atoms with van der Waals surface area (Å²) in [5.41, 5.74) is 8.12. The molecular weight excluding hydrogens is 941 g/mol. The minimum atomic E-state index is -0.853. The molecule has 7 amide bonds. The average Bonchev–Trinajstić information content (AvgIpc) is 3.92. The molecule has 73 heavy (non-hydrogen) atoms. The number of fused-ring (bicyclic) bond motifs is 6. The maximum atomic E-state index is 14.3. The number of rotatable bonds is 23. The van der Waals surface area contributed by atoms with Crippen LogP contribution in [-0.4, -0.2) is 108 Å². The summed E-state index contributed by atoms with van der Waals surface area (Å²) < 4.78 is 24.1. The monoisotopic (exact) mass is 1000 g/mol. The van der Waals surface area contributed by atoms with Gasteiger partial charge in [-0.2, -0.15) is 0 Å². The topological polar surface area (TPSA) is 260 Å². The van der Waals surface area contributed by atoms with Gasteiger partial charge in [-0.25, -0.2) is 9.59 Å². The first-order valence-corrected chi connectivity index (χ1v) is 24.6. The zero-order chi connectivity index (χ0) is 52.5. The number of aryl methyl sites for hydroxylation is 1. The molecule has 7 rings (SSSR count). The van der Waals surface area contributed by atoms with Gasteiger partial charge in [0.15, 0.2) is 17.3 Å². The first-order chi connectivity index (χ1) is 34.9. The van der Waals surface area contributed by atoms with Crippen molar-refractivity contribution in [3.8, 4) is 17.2 Å². The molecule has 1 saturated heterocycles. The third-order valence-electron chi connectivity index (χ3n) is 13.4. The maximum absolute atomic E-state index is 14.3. The van der Waals surface area contributed by atoms with Gasteiger partial charge in [-0.3, -0.25) is 38.7 Å². The van der Waals surface area contributed by atoms with Crippen LogP contribution in [0.4, 0.5) is 15.3 Å². The van der Waals surface area contributed by atoms with Gasteiger partial charge in [0.25, 0.3) is 5.56 Å². The van der Waals surface area contributed by atoms with Crippen LogP contribution in [0.15, 0.2) is 59.5 Å². The number of nitrogens with two attached hydrogens (primary N) is 1. The van der Waals surface area contributed by atoms with E-state index in [9.17, 15) is 38.4 Å². The fraction of sp³-hybridized carbons (Fsp3) is 0.453. The third-order valence-corrected chi connectivity index (χ3v) is 13.4. The number of benzene rings is 3. The zero-order valence-corrected chi connectivity index (χ0v) is 42.2. The van der Waals surface area contributed by atoms with Gasteiger partial charge in [0.05, 0.1) is 29.6 Å². The molecule has 2 aliphatic rings. The number of hydrogen-bond donors (Lipinski definition) is 4. The highest BCUT2D eigenvalue weighted by molar-refractivity contribution is 6.15. The lowest BCUT2D eigenvalue weighted by Gasteiger charge is -2.24. The number of likely N-dealkylation sites (tertiary alicyclic amines) is 1. The Balaban J connectivity index is 0.946. The standard InChI is InChI=1S/C53H64N8O12/c1-30(2)47(58-45(63)12-8-7-9-18-60-46(64)22-32(4)50(60)66)41(62)23-34(11-10-17-55-52(54)68)49(65)57-35-15-13-33(14-16-35)28-71-53(69)59(5)19-20-61-48-38-25-43-44(73-29-72-43)26-40(38)56-27-39(48)36-21-31(3)42(70-6)24-37(36)51(61)67/h13-16,21,24-27,30,32,34,47H,7-12,17-20,22-23,28-29H2,1-6H3,(H,57,65)(H,58,63)(H3,54,55,68)/t32?,34-,47+/m1/s1. The number of ketones is 1. The summed E-state index contributed by atoms with van der Waals surface area (Å²) in [7, 11) is 3.13. The number of urea groups is 1. The highest BCUT2D eigenvalue weighted by atomic mass is 16.7. The number of pyridine rings is 2. The van der Waals surface area contributed by atoms with E-state index in [1.165, 1.54) is 9.80 Å². The van der Waals surface area contributed by atoms with Gasteiger partial charge in [0.2, 0.25) is 30.4 Å². The second kappa shape index (κ2) is 23.6. The molecule has 3 aromatic carbocycles. The minimum absolute atomic E-state index is 0.0705. The highest BCUT2D eigenvalue weighted by Crippen LogP contribution is 2.39. The van der Waals surface area contributed by atoms with Crippen molar-refractivity contribution in [1.29, 1.82) is 0 Å². The van der Waals surface area contributed by atoms with Crippen LogP contribution in [0.1, 0.15) is 83.3 Å². The molecule has 0 radical (unpaired) electrons. The van der Waals surface area contributed by atoms with E-state index in [2.05, 4.69) is 16.0 Å². The third kappa shape index (κ3) is 12.6. The van der Waals surface area contributed by atoms with E-state index in [-0.39, 0.29) is 99.6 Å². The Kier molecular flexibility index (Phi) is 17.2. The number of carbonyl (C=O) groups excluding carboxylic acids is 7. The molecule has 2 aromatic heterocycles. The summed E-state index contributed by atoms with van der Waals surface area (Å²) in [6.07, 6.45) is 3.57. The fourth-order valence-corrected chi connectivity index (χ4v) is 9.28. The molecule has 5 aromatic rings. The number of methoxy groups -OCH3 is 1. The van der Waals surface area contributed by atoms with E-state index >= 15 is 0 Å². The van der Waals surface area contributed by atoms with Crippen molar-refractivity contribution in [3.05, 3.63) is 76.2 Å². The fourth-order valence-electron chi connectivity index (χ4n) is 9.28. The predicted octanol–water partition coefficient (Wildman–Crippen LogP) is 6.08. The molecular formula is C53H64N8O12. The summed E-state index contributed by atoms with van der Waals surface area (Å²) in [4.78, 5) is 111. The van der Waals surface area contributed by atoms with Crippen molar-refractivity contribution in [3.63, 3.8) is 0 Å². The second-order valence-electron chi connectivity index (χ2n) is 19.1. The van der Waals surface area contributed by atoms with Crippen LogP contribution in [0.3, 0.4) is 0 Å². The van der Waals surface area contributed by atoms with E-state index in [4.69, 9.17) is 29.7 Å². The second-order valence-corrected chi connectivity index (χ2v) is 19.1. The van der Waals surface area contributed by atoms with Crippen molar-refractivity contribution >= 4 is 79.8 Å². The van der Waals surface area contributed by atoms with Crippen LogP contribution >= 0.6 is 0 Å². The van der Waals surface area contributed by atoms with E-state index in [1.807, 2.05) is 32.9 Å². The first-order valence-electron chi connectivity index (χ1n) is 24.6. The Hall–Kier alpha value is -7.77. The molecule has 0 aliphatic carbocycles. The molecule has 20 nitrogen and oxygen atoms in total. The molecule has 3 atom stereocenters. The van der Waals surface area contributed by atoms with Gasteiger partial charge < -0.3 is 50.1 Å². The van der Waals surface area contributed by atoms with Gasteiger partial charge in [0, 0.05) is 93.0 Å². The number of hydrogen-bond acceptors (Lipinski definition) is 13. The number of amides is 7. The number of nitrogens with zero attached hydrogens (tertiary/aromatic N) is 4. The number of nitrogens with one attached hydrogen (secondary N) is 3. The largest absolute Gasteiger partial charge is 0.496 e.